The lowest BCUT2D eigenvalue weighted by Crippen LogP contribution is -2.46. The van der Waals surface area contributed by atoms with Gasteiger partial charge in [0.2, 0.25) is 5.91 Å². The lowest BCUT2D eigenvalue weighted by molar-refractivity contribution is -0.125. The number of nitrogens with zero attached hydrogens (tertiary/aromatic N) is 3. The fraction of sp³-hybridized carbons (Fsp3) is 0.444. The van der Waals surface area contributed by atoms with Gasteiger partial charge in [0.25, 0.3) is 5.91 Å². The van der Waals surface area contributed by atoms with Crippen molar-refractivity contribution in [3.05, 3.63) is 88.2 Å². The minimum atomic E-state index is -1.31. The number of carbonyl (C=O) groups is 2. The molecule has 2 aliphatic heterocycles. The molecule has 2 unspecified atom stereocenters. The Balaban J connectivity index is 0.00000110. The number of rotatable bonds is 6. The van der Waals surface area contributed by atoms with E-state index in [0.29, 0.717) is 48.5 Å². The highest BCUT2D eigenvalue weighted by Gasteiger charge is 2.51. The third kappa shape index (κ3) is 5.33. The number of hydrogen-bond acceptors (Lipinski definition) is 4. The SMILES string of the molecule is CC1(C2=CC(F)CC(CF)=CC2)N=C(C2CC2)C(=O)N1C/C=C/c1ccc2c(c1)C[C@@]1(C2)C(=O)Nc2ncccc21.CCC. The molecule has 5 aliphatic rings. The number of fused-ring (bicyclic) bond motifs is 3. The first-order valence-electron chi connectivity index (χ1n) is 15.8. The van der Waals surface area contributed by atoms with Gasteiger partial charge in [-0.15, -0.1) is 0 Å². The van der Waals surface area contributed by atoms with Crippen molar-refractivity contribution < 1.29 is 18.4 Å². The summed E-state index contributed by atoms with van der Waals surface area (Å²) in [5.41, 5.74) is 4.31. The molecule has 8 heteroatoms. The van der Waals surface area contributed by atoms with Crippen LogP contribution < -0.4 is 5.32 Å². The Labute approximate surface area is 258 Å². The van der Waals surface area contributed by atoms with Crippen LogP contribution in [0.25, 0.3) is 6.08 Å². The lowest BCUT2D eigenvalue weighted by Gasteiger charge is -2.34. The fourth-order valence-corrected chi connectivity index (χ4v) is 6.89. The second kappa shape index (κ2) is 11.9. The van der Waals surface area contributed by atoms with Crippen LogP contribution in [-0.4, -0.2) is 52.5 Å². The molecule has 3 heterocycles. The highest BCUT2D eigenvalue weighted by atomic mass is 19.1. The van der Waals surface area contributed by atoms with Gasteiger partial charge in [-0.1, -0.05) is 62.8 Å². The van der Waals surface area contributed by atoms with Crippen LogP contribution in [0.5, 0.6) is 0 Å². The Morgan fingerprint density at radius 2 is 1.91 bits per heavy atom. The number of hydrogen-bond donors (Lipinski definition) is 1. The molecule has 7 rings (SSSR count). The second-order valence-electron chi connectivity index (χ2n) is 12.7. The van der Waals surface area contributed by atoms with Gasteiger partial charge in [0.1, 0.15) is 24.4 Å². The molecule has 1 aromatic heterocycles. The average Bonchev–Trinajstić information content (AvgIpc) is 3.70. The largest absolute Gasteiger partial charge is 0.310 e. The van der Waals surface area contributed by atoms with E-state index in [-0.39, 0.29) is 24.2 Å². The Morgan fingerprint density at radius 1 is 1.14 bits per heavy atom. The van der Waals surface area contributed by atoms with Gasteiger partial charge in [-0.05, 0) is 79.0 Å². The Kier molecular flexibility index (Phi) is 8.12. The molecule has 1 spiro atoms. The molecule has 1 saturated carbocycles. The van der Waals surface area contributed by atoms with Crippen LogP contribution in [0, 0.1) is 5.92 Å². The molecule has 1 aromatic carbocycles. The van der Waals surface area contributed by atoms with E-state index in [0.717, 1.165) is 35.1 Å². The Bertz CT molecular complexity index is 1610. The van der Waals surface area contributed by atoms with Crippen LogP contribution in [0.3, 0.4) is 0 Å². The van der Waals surface area contributed by atoms with E-state index >= 15 is 0 Å². The minimum absolute atomic E-state index is 0.00499. The third-order valence-electron chi connectivity index (χ3n) is 9.32. The number of pyridine rings is 1. The summed E-state index contributed by atoms with van der Waals surface area (Å²) in [5.74, 6) is 0.702. The number of amides is 2. The third-order valence-corrected chi connectivity index (χ3v) is 9.32. The molecule has 0 bridgehead atoms. The first kappa shape index (κ1) is 30.1. The maximum atomic E-state index is 14.8. The molecule has 0 saturated heterocycles. The zero-order valence-electron chi connectivity index (χ0n) is 25.7. The van der Waals surface area contributed by atoms with Gasteiger partial charge >= 0.3 is 0 Å². The van der Waals surface area contributed by atoms with Crippen molar-refractivity contribution in [2.24, 2.45) is 10.9 Å². The molecular formula is C36H40F2N4O2. The molecule has 3 atom stereocenters. The van der Waals surface area contributed by atoms with Crippen LogP contribution in [0.4, 0.5) is 14.6 Å². The summed E-state index contributed by atoms with van der Waals surface area (Å²) in [6.07, 6.45) is 12.4. The maximum Gasteiger partial charge on any atom is 0.270 e. The van der Waals surface area contributed by atoms with Gasteiger partial charge < -0.3 is 10.2 Å². The second-order valence-corrected chi connectivity index (χ2v) is 12.7. The van der Waals surface area contributed by atoms with E-state index in [1.807, 2.05) is 37.3 Å². The van der Waals surface area contributed by atoms with Crippen molar-refractivity contribution in [2.75, 3.05) is 18.5 Å². The zero-order valence-corrected chi connectivity index (χ0v) is 25.7. The minimum Gasteiger partial charge on any atom is -0.310 e. The predicted octanol–water partition coefficient (Wildman–Crippen LogP) is 6.86. The highest BCUT2D eigenvalue weighted by Crippen LogP contribution is 2.47. The number of carbonyl (C=O) groups excluding carboxylic acids is 2. The standard InChI is InChI=1S/C33H32F2N4O2.C3H8/c1-32(25-11-7-21(19-34)15-26(35)16-25)38-28(22-9-10-22)30(40)39(32)13-3-4-20-6-8-23-17-33(18-24(23)14-20)27-5-2-12-36-29(27)37-31(33)41;1-3-2/h2-8,12,14,16,22,26H,9-11,13,15,17-19H2,1H3,(H,36,37,41);3H2,1-2H3/b4-3+;/t26?,32?,33-;/m1./s1. The summed E-state index contributed by atoms with van der Waals surface area (Å²) in [7, 11) is 0. The lowest BCUT2D eigenvalue weighted by atomic mass is 9.79. The fourth-order valence-electron chi connectivity index (χ4n) is 6.89. The number of anilines is 1. The number of halogens is 2. The Morgan fingerprint density at radius 3 is 2.66 bits per heavy atom. The van der Waals surface area contributed by atoms with Crippen molar-refractivity contribution in [2.45, 2.75) is 83.0 Å². The first-order valence-corrected chi connectivity index (χ1v) is 15.8. The van der Waals surface area contributed by atoms with Gasteiger partial charge in [0.05, 0.1) is 5.41 Å². The van der Waals surface area contributed by atoms with E-state index in [2.05, 4.69) is 36.3 Å². The summed E-state index contributed by atoms with van der Waals surface area (Å²) < 4.78 is 28.1. The molecule has 6 nitrogen and oxygen atoms in total. The van der Waals surface area contributed by atoms with Crippen LogP contribution in [0.1, 0.15) is 75.1 Å². The van der Waals surface area contributed by atoms with Crippen molar-refractivity contribution in [3.63, 3.8) is 0 Å². The first-order chi connectivity index (χ1) is 21.2. The number of alkyl halides is 2. The molecule has 2 amide bonds. The summed E-state index contributed by atoms with van der Waals surface area (Å²) >= 11 is 0. The molecule has 2 aromatic rings. The smallest absolute Gasteiger partial charge is 0.270 e. The highest BCUT2D eigenvalue weighted by molar-refractivity contribution is 6.42. The summed E-state index contributed by atoms with van der Waals surface area (Å²) in [6, 6.07) is 10.1. The van der Waals surface area contributed by atoms with Crippen molar-refractivity contribution in [1.29, 1.82) is 0 Å². The van der Waals surface area contributed by atoms with E-state index in [9.17, 15) is 18.4 Å². The van der Waals surface area contributed by atoms with E-state index in [4.69, 9.17) is 4.99 Å². The van der Waals surface area contributed by atoms with Gasteiger partial charge in [-0.25, -0.2) is 13.8 Å². The predicted molar refractivity (Wildman–Crippen MR) is 170 cm³/mol. The summed E-state index contributed by atoms with van der Waals surface area (Å²) in [5, 5.41) is 2.95. The van der Waals surface area contributed by atoms with Gasteiger partial charge in [-0.3, -0.25) is 14.6 Å². The molecule has 1 N–H and O–H groups in total. The van der Waals surface area contributed by atoms with Crippen molar-refractivity contribution in [1.82, 2.24) is 9.88 Å². The van der Waals surface area contributed by atoms with Crippen molar-refractivity contribution in [3.8, 4) is 0 Å². The number of nitrogens with one attached hydrogen (secondary N) is 1. The summed E-state index contributed by atoms with van der Waals surface area (Å²) in [6.45, 7) is 5.76. The quantitative estimate of drug-likeness (QED) is 0.369. The number of benzene rings is 1. The number of aliphatic imine (C=N–C) groups is 1. The Hall–Kier alpha value is -3.94. The zero-order chi connectivity index (χ0) is 31.1. The van der Waals surface area contributed by atoms with Crippen LogP contribution in [0.15, 0.2) is 70.9 Å². The van der Waals surface area contributed by atoms with Crippen LogP contribution in [0.2, 0.25) is 0 Å². The molecule has 3 aliphatic carbocycles. The summed E-state index contributed by atoms with van der Waals surface area (Å²) in [4.78, 5) is 37.5. The molecule has 44 heavy (non-hydrogen) atoms. The maximum absolute atomic E-state index is 14.8. The van der Waals surface area contributed by atoms with Gasteiger partial charge in [0.15, 0.2) is 5.66 Å². The number of allylic oxidation sites excluding steroid dienone is 3. The monoisotopic (exact) mass is 598 g/mol. The normalized spacial score (nSPS) is 27.3. The van der Waals surface area contributed by atoms with E-state index in [1.54, 1.807) is 17.2 Å². The molecule has 0 radical (unpaired) electrons. The molecule has 230 valence electrons. The average molecular weight is 599 g/mol. The van der Waals surface area contributed by atoms with Crippen LogP contribution >= 0.6 is 0 Å². The topological polar surface area (TPSA) is 74.7 Å². The molecule has 1 fully saturated rings. The number of aromatic nitrogens is 1. The molecular weight excluding hydrogens is 558 g/mol. The van der Waals surface area contributed by atoms with Gasteiger partial charge in [0, 0.05) is 30.6 Å². The van der Waals surface area contributed by atoms with E-state index < -0.39 is 23.9 Å². The van der Waals surface area contributed by atoms with E-state index in [1.165, 1.54) is 12.5 Å². The van der Waals surface area contributed by atoms with Gasteiger partial charge in [-0.2, -0.15) is 0 Å². The van der Waals surface area contributed by atoms with Crippen LogP contribution in [-0.2, 0) is 27.8 Å². The van der Waals surface area contributed by atoms with Crippen molar-refractivity contribution >= 4 is 29.4 Å².